The Hall–Kier alpha value is -2.59. The number of ether oxygens (including phenoxy) is 1. The maximum absolute atomic E-state index is 12.8. The Kier molecular flexibility index (Phi) is 11.5. The fraction of sp³-hybridized carbons (Fsp3) is 0.500. The number of aliphatic carboxylic acids is 1. The van der Waals surface area contributed by atoms with Gasteiger partial charge in [0.1, 0.15) is 5.75 Å². The van der Waals surface area contributed by atoms with Crippen molar-refractivity contribution < 1.29 is 27.9 Å². The predicted molar refractivity (Wildman–Crippen MR) is 138 cm³/mol. The molecule has 2 aromatic rings. The second kappa shape index (κ2) is 14.1. The van der Waals surface area contributed by atoms with Crippen molar-refractivity contribution in [1.82, 2.24) is 0 Å². The van der Waals surface area contributed by atoms with Gasteiger partial charge in [-0.3, -0.25) is 4.79 Å². The highest BCUT2D eigenvalue weighted by Crippen LogP contribution is 2.41. The topological polar surface area (TPSA) is 98.9 Å². The fourth-order valence-corrected chi connectivity index (χ4v) is 7.28. The Morgan fingerprint density at radius 2 is 1.31 bits per heavy atom. The molecule has 0 saturated carbocycles. The SMILES string of the molecule is CCCCOc1ccc(N=Nc2ccc(C(CC)(C(=O)O)[Si](OCC)(OCC)OCC)cc2)cc1. The lowest BCUT2D eigenvalue weighted by molar-refractivity contribution is -0.143. The summed E-state index contributed by atoms with van der Waals surface area (Å²) in [5, 5.41) is 17.6. The van der Waals surface area contributed by atoms with Crippen molar-refractivity contribution >= 4 is 26.1 Å². The lowest BCUT2D eigenvalue weighted by Gasteiger charge is -2.42. The summed E-state index contributed by atoms with van der Waals surface area (Å²) in [5.41, 5.74) is 1.85. The van der Waals surface area contributed by atoms with E-state index in [1.54, 1.807) is 24.3 Å². The zero-order chi connectivity index (χ0) is 25.7. The third-order valence-electron chi connectivity index (χ3n) is 5.67. The molecule has 35 heavy (non-hydrogen) atoms. The Morgan fingerprint density at radius 3 is 1.71 bits per heavy atom. The summed E-state index contributed by atoms with van der Waals surface area (Å²) < 4.78 is 23.7. The normalized spacial score (nSPS) is 13.6. The van der Waals surface area contributed by atoms with Crippen molar-refractivity contribution in [2.75, 3.05) is 26.4 Å². The molecule has 0 aromatic heterocycles. The second-order valence-corrected chi connectivity index (χ2v) is 10.7. The maximum Gasteiger partial charge on any atom is 0.523 e. The van der Waals surface area contributed by atoms with E-state index in [1.165, 1.54) is 0 Å². The van der Waals surface area contributed by atoms with Gasteiger partial charge in [0, 0.05) is 19.8 Å². The largest absolute Gasteiger partial charge is 0.523 e. The summed E-state index contributed by atoms with van der Waals surface area (Å²) in [4.78, 5) is 12.8. The molecule has 1 N–H and O–H groups in total. The summed E-state index contributed by atoms with van der Waals surface area (Å²) in [6.07, 6.45) is 2.35. The minimum Gasteiger partial charge on any atom is -0.494 e. The first kappa shape index (κ1) is 28.6. The molecule has 8 nitrogen and oxygen atoms in total. The molecule has 0 heterocycles. The van der Waals surface area contributed by atoms with Crippen LogP contribution in [0.25, 0.3) is 0 Å². The quantitative estimate of drug-likeness (QED) is 0.158. The van der Waals surface area contributed by atoms with Crippen LogP contribution < -0.4 is 4.74 Å². The predicted octanol–water partition coefficient (Wildman–Crippen LogP) is 6.60. The standard InChI is InChI=1S/C26H38N2O6Si/c1-6-11-20-31-24-18-16-23(17-19-24)28-27-22-14-12-21(13-15-22)26(7-2,25(29)30)35(32-8-3,33-9-4)34-10-5/h12-19H,6-11,20H2,1-5H3,(H,29,30). The molecule has 0 aliphatic carbocycles. The molecular weight excluding hydrogens is 464 g/mol. The minimum atomic E-state index is -3.65. The Labute approximate surface area is 209 Å². The highest BCUT2D eigenvalue weighted by Gasteiger charge is 2.66. The van der Waals surface area contributed by atoms with E-state index in [2.05, 4.69) is 17.2 Å². The molecule has 0 amide bonds. The Bertz CT molecular complexity index is 919. The molecule has 0 aliphatic rings. The number of nitrogens with zero attached hydrogens (tertiary/aromatic N) is 2. The number of carboxylic acid groups (broad SMARTS) is 1. The smallest absolute Gasteiger partial charge is 0.494 e. The molecule has 192 valence electrons. The monoisotopic (exact) mass is 502 g/mol. The van der Waals surface area contributed by atoms with Crippen molar-refractivity contribution in [3.8, 4) is 5.75 Å². The van der Waals surface area contributed by atoms with Gasteiger partial charge in [0.2, 0.25) is 0 Å². The van der Waals surface area contributed by atoms with Crippen LogP contribution in [0.15, 0.2) is 58.8 Å². The molecule has 9 heteroatoms. The van der Waals surface area contributed by atoms with Crippen LogP contribution >= 0.6 is 0 Å². The van der Waals surface area contributed by atoms with Crippen molar-refractivity contribution in [1.29, 1.82) is 0 Å². The Balaban J connectivity index is 2.32. The first-order valence-corrected chi connectivity index (χ1v) is 14.1. The van der Waals surface area contributed by atoms with Gasteiger partial charge >= 0.3 is 14.8 Å². The van der Waals surface area contributed by atoms with Crippen molar-refractivity contribution in [3.05, 3.63) is 54.1 Å². The molecule has 0 aliphatic heterocycles. The average Bonchev–Trinajstić information content (AvgIpc) is 2.85. The van der Waals surface area contributed by atoms with E-state index in [9.17, 15) is 9.90 Å². The molecule has 0 bridgehead atoms. The van der Waals surface area contributed by atoms with Crippen LogP contribution in [-0.4, -0.2) is 46.3 Å². The molecule has 2 rings (SSSR count). The van der Waals surface area contributed by atoms with Gasteiger partial charge in [-0.25, -0.2) is 0 Å². The average molecular weight is 503 g/mol. The molecule has 0 fully saturated rings. The number of hydrogen-bond donors (Lipinski definition) is 1. The van der Waals surface area contributed by atoms with Gasteiger partial charge in [0.25, 0.3) is 0 Å². The third-order valence-corrected chi connectivity index (χ3v) is 9.57. The van der Waals surface area contributed by atoms with Gasteiger partial charge in [0.15, 0.2) is 5.04 Å². The van der Waals surface area contributed by atoms with Crippen LogP contribution in [0.5, 0.6) is 5.75 Å². The number of carboxylic acids is 1. The van der Waals surface area contributed by atoms with E-state index >= 15 is 0 Å². The van der Waals surface area contributed by atoms with Crippen LogP contribution in [0.4, 0.5) is 11.4 Å². The van der Waals surface area contributed by atoms with E-state index in [0.29, 0.717) is 23.5 Å². The third kappa shape index (κ3) is 6.76. The van der Waals surface area contributed by atoms with Crippen LogP contribution in [0.3, 0.4) is 0 Å². The molecule has 2 aromatic carbocycles. The number of hydrogen-bond acceptors (Lipinski definition) is 7. The molecular formula is C26H38N2O6Si. The molecule has 0 spiro atoms. The van der Waals surface area contributed by atoms with Crippen LogP contribution in [0.2, 0.25) is 0 Å². The van der Waals surface area contributed by atoms with Gasteiger partial charge < -0.3 is 23.1 Å². The maximum atomic E-state index is 12.8. The summed E-state index contributed by atoms with van der Waals surface area (Å²) in [6.45, 7) is 10.9. The van der Waals surface area contributed by atoms with Crippen molar-refractivity contribution in [2.24, 2.45) is 10.2 Å². The van der Waals surface area contributed by atoms with Crippen LogP contribution in [0, 0.1) is 0 Å². The Morgan fingerprint density at radius 1 is 0.829 bits per heavy atom. The second-order valence-electron chi connectivity index (χ2n) is 7.86. The van der Waals surface area contributed by atoms with Gasteiger partial charge in [-0.15, -0.1) is 0 Å². The summed E-state index contributed by atoms with van der Waals surface area (Å²) in [6, 6.07) is 14.4. The van der Waals surface area contributed by atoms with Gasteiger partial charge in [0.05, 0.1) is 18.0 Å². The molecule has 1 unspecified atom stereocenters. The van der Waals surface area contributed by atoms with Gasteiger partial charge in [-0.2, -0.15) is 10.2 Å². The van der Waals surface area contributed by atoms with E-state index in [1.807, 2.05) is 52.0 Å². The first-order valence-electron chi connectivity index (χ1n) is 12.3. The van der Waals surface area contributed by atoms with E-state index < -0.39 is 19.8 Å². The lowest BCUT2D eigenvalue weighted by atomic mass is 9.95. The number of carbonyl (C=O) groups is 1. The highest BCUT2D eigenvalue weighted by atomic mass is 28.4. The highest BCUT2D eigenvalue weighted by molar-refractivity contribution is 6.68. The van der Waals surface area contributed by atoms with Crippen molar-refractivity contribution in [2.45, 2.75) is 58.9 Å². The number of azo groups is 1. The fourth-order valence-electron chi connectivity index (χ4n) is 3.94. The van der Waals surface area contributed by atoms with Crippen LogP contribution in [0.1, 0.15) is 59.4 Å². The summed E-state index contributed by atoms with van der Waals surface area (Å²) >= 11 is 0. The molecule has 0 saturated heterocycles. The van der Waals surface area contributed by atoms with E-state index in [0.717, 1.165) is 18.6 Å². The number of benzene rings is 2. The minimum absolute atomic E-state index is 0.252. The van der Waals surface area contributed by atoms with E-state index in [-0.39, 0.29) is 26.2 Å². The lowest BCUT2D eigenvalue weighted by Crippen LogP contribution is -2.66. The first-order chi connectivity index (χ1) is 16.9. The summed E-state index contributed by atoms with van der Waals surface area (Å²) in [5.74, 6) is -0.227. The van der Waals surface area contributed by atoms with Gasteiger partial charge in [-0.05, 0) is 75.6 Å². The summed E-state index contributed by atoms with van der Waals surface area (Å²) in [7, 11) is -3.65. The van der Waals surface area contributed by atoms with Gasteiger partial charge in [-0.1, -0.05) is 32.4 Å². The van der Waals surface area contributed by atoms with Crippen LogP contribution in [-0.2, 0) is 23.1 Å². The number of rotatable bonds is 16. The zero-order valence-corrected chi connectivity index (χ0v) is 22.5. The molecule has 0 radical (unpaired) electrons. The molecule has 1 atom stereocenters. The van der Waals surface area contributed by atoms with Crippen molar-refractivity contribution in [3.63, 3.8) is 0 Å². The zero-order valence-electron chi connectivity index (χ0n) is 21.5. The number of unbranched alkanes of at least 4 members (excludes halogenated alkanes) is 1. The van der Waals surface area contributed by atoms with E-state index in [4.69, 9.17) is 18.0 Å².